The molecule has 0 unspecified atom stereocenters. The molecule has 0 fully saturated rings. The molecule has 1 heterocycles. The molecule has 2 N–H and O–H groups in total. The Bertz CT molecular complexity index is 1570. The molecule has 1 aromatic heterocycles. The van der Waals surface area contributed by atoms with Crippen LogP contribution in [0.5, 0.6) is 0 Å². The van der Waals surface area contributed by atoms with Crippen LogP contribution in [0.2, 0.25) is 10.0 Å². The van der Waals surface area contributed by atoms with Crippen LogP contribution < -0.4 is 5.73 Å². The topological polar surface area (TPSA) is 56.0 Å². The minimum absolute atomic E-state index is 0.702. The molecule has 0 aliphatic heterocycles. The summed E-state index contributed by atoms with van der Waals surface area (Å²) in [5, 5.41) is 2.48. The number of nitrogens with zero attached hydrogens (tertiary/aromatic N) is 1. The molecule has 0 spiro atoms. The molecule has 0 aliphatic carbocycles. The first kappa shape index (κ1) is 30.2. The minimum atomic E-state index is 0.702. The van der Waals surface area contributed by atoms with Crippen molar-refractivity contribution in [2.24, 2.45) is 0 Å². The summed E-state index contributed by atoms with van der Waals surface area (Å²) >= 11 is 17.3. The Hall–Kier alpha value is -3.35. The Morgan fingerprint density at radius 2 is 1.33 bits per heavy atom. The van der Waals surface area contributed by atoms with E-state index in [1.807, 2.05) is 67.6 Å². The number of aldehydes is 1. The SMILES string of the molecule is Cc1ccc(S)c(N)c1.Cc1ccc2sc(/C=C/c3ccc(Cl)cc3)nc2c1.O=C/C=C/c1ccc(Cl)cc1. The zero-order valence-corrected chi connectivity index (χ0v) is 24.7. The normalized spacial score (nSPS) is 10.7. The van der Waals surface area contributed by atoms with Crippen molar-refractivity contribution >= 4 is 87.6 Å². The van der Waals surface area contributed by atoms with Crippen molar-refractivity contribution in [2.45, 2.75) is 18.7 Å². The molecule has 0 radical (unpaired) electrons. The summed E-state index contributed by atoms with van der Waals surface area (Å²) in [7, 11) is 0. The Morgan fingerprint density at radius 1 is 0.769 bits per heavy atom. The largest absolute Gasteiger partial charge is 0.398 e. The Morgan fingerprint density at radius 3 is 1.90 bits per heavy atom. The molecule has 3 nitrogen and oxygen atoms in total. The second-order valence-corrected chi connectivity index (χ2v) is 10.9. The van der Waals surface area contributed by atoms with Crippen molar-refractivity contribution in [3.63, 3.8) is 0 Å². The van der Waals surface area contributed by atoms with Gasteiger partial charge in [-0.1, -0.05) is 71.8 Å². The van der Waals surface area contributed by atoms with E-state index >= 15 is 0 Å². The zero-order valence-electron chi connectivity index (χ0n) is 21.5. The zero-order chi connectivity index (χ0) is 28.2. The number of thiazole rings is 1. The van der Waals surface area contributed by atoms with Crippen LogP contribution in [-0.2, 0) is 4.79 Å². The molecule has 0 amide bonds. The maximum absolute atomic E-state index is 9.93. The lowest BCUT2D eigenvalue weighted by atomic mass is 10.2. The van der Waals surface area contributed by atoms with Gasteiger partial charge in [0, 0.05) is 20.6 Å². The summed E-state index contributed by atoms with van der Waals surface area (Å²) in [4.78, 5) is 15.4. The molecule has 4 aromatic carbocycles. The van der Waals surface area contributed by atoms with Gasteiger partial charge in [0.05, 0.1) is 10.2 Å². The lowest BCUT2D eigenvalue weighted by Crippen LogP contribution is -1.86. The molecular formula is C32H28Cl2N2OS2. The van der Waals surface area contributed by atoms with Crippen LogP contribution in [0.3, 0.4) is 0 Å². The van der Waals surface area contributed by atoms with E-state index in [1.54, 1.807) is 29.5 Å². The van der Waals surface area contributed by atoms with Crippen molar-refractivity contribution in [3.8, 4) is 0 Å². The van der Waals surface area contributed by atoms with Gasteiger partial charge < -0.3 is 5.73 Å². The highest BCUT2D eigenvalue weighted by molar-refractivity contribution is 7.80. The van der Waals surface area contributed by atoms with Gasteiger partial charge in [0.1, 0.15) is 11.3 Å². The Balaban J connectivity index is 0.000000179. The number of fused-ring (bicyclic) bond motifs is 1. The smallest absolute Gasteiger partial charge is 0.142 e. The first-order valence-corrected chi connectivity index (χ1v) is 14.0. The Kier molecular flexibility index (Phi) is 11.8. The number of nitrogens with two attached hydrogens (primary N) is 1. The van der Waals surface area contributed by atoms with Crippen molar-refractivity contribution < 1.29 is 4.79 Å². The summed E-state index contributed by atoms with van der Waals surface area (Å²) in [6.45, 7) is 4.09. The van der Waals surface area contributed by atoms with E-state index in [4.69, 9.17) is 28.9 Å². The number of hydrogen-bond donors (Lipinski definition) is 2. The van der Waals surface area contributed by atoms with Crippen LogP contribution in [0.1, 0.15) is 27.3 Å². The van der Waals surface area contributed by atoms with Gasteiger partial charge in [-0.25, -0.2) is 4.98 Å². The number of carbonyl (C=O) groups is 1. The maximum Gasteiger partial charge on any atom is 0.142 e. The van der Waals surface area contributed by atoms with E-state index in [9.17, 15) is 4.79 Å². The van der Waals surface area contributed by atoms with Crippen molar-refractivity contribution in [3.05, 3.63) is 128 Å². The molecule has 39 heavy (non-hydrogen) atoms. The number of thiol groups is 1. The van der Waals surface area contributed by atoms with E-state index in [-0.39, 0.29) is 0 Å². The molecule has 5 rings (SSSR count). The third-order valence-electron chi connectivity index (χ3n) is 5.27. The molecular weight excluding hydrogens is 563 g/mol. The van der Waals surface area contributed by atoms with Gasteiger partial charge in [0.15, 0.2) is 0 Å². The number of hydrogen-bond acceptors (Lipinski definition) is 5. The van der Waals surface area contributed by atoms with E-state index in [0.717, 1.165) is 43.5 Å². The number of halogens is 2. The predicted molar refractivity (Wildman–Crippen MR) is 174 cm³/mol. The standard InChI is InChI=1S/C16H12ClNS.C9H7ClO.C7H9NS/c1-11-2-8-15-14(10-11)18-16(19-15)9-5-12-3-6-13(17)7-4-12;10-9-5-3-8(4-6-9)2-1-7-11;1-5-2-3-7(9)6(8)4-5/h2-10H,1H3;1-7H;2-4,9H,8H2,1H3/b9-5+;2-1+;. The van der Waals surface area contributed by atoms with Gasteiger partial charge in [0.2, 0.25) is 0 Å². The number of benzene rings is 4. The molecule has 0 saturated carbocycles. The molecule has 0 bridgehead atoms. The first-order chi connectivity index (χ1) is 18.7. The fourth-order valence-corrected chi connectivity index (χ4v) is 4.51. The van der Waals surface area contributed by atoms with Crippen LogP contribution in [0.25, 0.3) is 28.4 Å². The number of aromatic nitrogens is 1. The summed E-state index contributed by atoms with van der Waals surface area (Å²) in [5.74, 6) is 0. The highest BCUT2D eigenvalue weighted by atomic mass is 35.5. The number of rotatable bonds is 4. The highest BCUT2D eigenvalue weighted by Crippen LogP contribution is 2.24. The average Bonchev–Trinajstić information content (AvgIpc) is 3.33. The van der Waals surface area contributed by atoms with Crippen molar-refractivity contribution in [1.82, 2.24) is 4.98 Å². The molecule has 198 valence electrons. The number of anilines is 1. The fourth-order valence-electron chi connectivity index (χ4n) is 3.27. The molecule has 0 atom stereocenters. The maximum atomic E-state index is 9.93. The molecule has 0 saturated heterocycles. The van der Waals surface area contributed by atoms with Gasteiger partial charge in [0.25, 0.3) is 0 Å². The minimum Gasteiger partial charge on any atom is -0.398 e. The van der Waals surface area contributed by atoms with E-state index < -0.39 is 0 Å². The van der Waals surface area contributed by atoms with E-state index in [1.165, 1.54) is 21.9 Å². The lowest BCUT2D eigenvalue weighted by Gasteiger charge is -1.97. The Labute approximate surface area is 249 Å². The van der Waals surface area contributed by atoms with Gasteiger partial charge in [-0.2, -0.15) is 0 Å². The van der Waals surface area contributed by atoms with Crippen molar-refractivity contribution in [1.29, 1.82) is 0 Å². The second kappa shape index (κ2) is 15.3. The van der Waals surface area contributed by atoms with Crippen LogP contribution in [-0.4, -0.2) is 11.3 Å². The molecule has 0 aliphatic rings. The van der Waals surface area contributed by atoms with Crippen LogP contribution >= 0.6 is 47.2 Å². The summed E-state index contributed by atoms with van der Waals surface area (Å²) in [6, 6.07) is 27.2. The summed E-state index contributed by atoms with van der Waals surface area (Å²) < 4.78 is 1.22. The second-order valence-electron chi connectivity index (χ2n) is 8.52. The third kappa shape index (κ3) is 10.4. The van der Waals surface area contributed by atoms with E-state index in [0.29, 0.717) is 5.02 Å². The van der Waals surface area contributed by atoms with E-state index in [2.05, 4.69) is 48.8 Å². The van der Waals surface area contributed by atoms with Gasteiger partial charge in [-0.05, 0) is 96.8 Å². The van der Waals surface area contributed by atoms with Crippen LogP contribution in [0.15, 0.2) is 95.9 Å². The number of allylic oxidation sites excluding steroid dienone is 1. The molecule has 7 heteroatoms. The number of carbonyl (C=O) groups excluding carboxylic acids is 1. The van der Waals surface area contributed by atoms with Crippen LogP contribution in [0.4, 0.5) is 5.69 Å². The summed E-state index contributed by atoms with van der Waals surface area (Å²) in [5.41, 5.74) is 11.9. The quantitative estimate of drug-likeness (QED) is 0.0947. The third-order valence-corrected chi connectivity index (χ3v) is 7.18. The van der Waals surface area contributed by atoms with Gasteiger partial charge >= 0.3 is 0 Å². The number of aryl methyl sites for hydroxylation is 2. The van der Waals surface area contributed by atoms with Gasteiger partial charge in [-0.15, -0.1) is 24.0 Å². The lowest BCUT2D eigenvalue weighted by molar-refractivity contribution is -0.104. The first-order valence-electron chi connectivity index (χ1n) is 12.0. The highest BCUT2D eigenvalue weighted by Gasteiger charge is 2.01. The van der Waals surface area contributed by atoms with Crippen LogP contribution in [0, 0.1) is 13.8 Å². The fraction of sp³-hybridized carbons (Fsp3) is 0.0625. The number of nitrogen functional groups attached to an aromatic ring is 1. The van der Waals surface area contributed by atoms with Gasteiger partial charge in [-0.3, -0.25) is 4.79 Å². The average molecular weight is 592 g/mol. The van der Waals surface area contributed by atoms with Crippen molar-refractivity contribution in [2.75, 3.05) is 5.73 Å². The summed E-state index contributed by atoms with van der Waals surface area (Å²) in [6.07, 6.45) is 8.02. The monoisotopic (exact) mass is 590 g/mol. The molecule has 5 aromatic rings. The predicted octanol–water partition coefficient (Wildman–Crippen LogP) is 9.85.